The van der Waals surface area contributed by atoms with Crippen LogP contribution in [0.1, 0.15) is 17.4 Å². The number of carbonyl (C=O) groups excluding carboxylic acids is 1. The fourth-order valence-electron chi connectivity index (χ4n) is 2.23. The zero-order valence-corrected chi connectivity index (χ0v) is 11.6. The zero-order chi connectivity index (χ0) is 14.7. The van der Waals surface area contributed by atoms with Crippen molar-refractivity contribution >= 4 is 11.7 Å². The van der Waals surface area contributed by atoms with Gasteiger partial charge in [0.15, 0.2) is 5.82 Å². The molecule has 1 N–H and O–H groups in total. The van der Waals surface area contributed by atoms with E-state index in [1.807, 2.05) is 59.4 Å². The van der Waals surface area contributed by atoms with Crippen molar-refractivity contribution in [2.24, 2.45) is 0 Å². The number of benzene rings is 1. The minimum absolute atomic E-state index is 0.161. The molecule has 0 spiro atoms. The summed E-state index contributed by atoms with van der Waals surface area (Å²) >= 11 is 0. The first kappa shape index (κ1) is 13.2. The van der Waals surface area contributed by atoms with Gasteiger partial charge < -0.3 is 14.4 Å². The van der Waals surface area contributed by atoms with Crippen LogP contribution in [0.4, 0.5) is 5.82 Å². The van der Waals surface area contributed by atoms with Crippen LogP contribution in [0.5, 0.6) is 0 Å². The molecule has 0 aliphatic carbocycles. The molecule has 0 fully saturated rings. The van der Waals surface area contributed by atoms with Gasteiger partial charge in [0.05, 0.1) is 0 Å². The Morgan fingerprint density at radius 1 is 1.19 bits per heavy atom. The number of hydrogen-bond acceptors (Lipinski definition) is 3. The molecule has 3 aromatic rings. The molecule has 2 aromatic heterocycles. The van der Waals surface area contributed by atoms with Crippen molar-refractivity contribution in [3.05, 3.63) is 72.2 Å². The van der Waals surface area contributed by atoms with E-state index in [-0.39, 0.29) is 5.91 Å². The van der Waals surface area contributed by atoms with Crippen molar-refractivity contribution in [2.75, 3.05) is 5.32 Å². The van der Waals surface area contributed by atoms with E-state index in [1.165, 1.54) is 0 Å². The van der Waals surface area contributed by atoms with E-state index in [0.29, 0.717) is 11.6 Å². The number of anilines is 1. The van der Waals surface area contributed by atoms with Crippen LogP contribution in [0.25, 0.3) is 0 Å². The monoisotopic (exact) mass is 281 g/mol. The van der Waals surface area contributed by atoms with Gasteiger partial charge in [0.25, 0.3) is 5.91 Å². The second-order valence-corrected chi connectivity index (χ2v) is 4.76. The van der Waals surface area contributed by atoms with Crippen LogP contribution in [0, 0.1) is 6.92 Å². The van der Waals surface area contributed by atoms with E-state index in [9.17, 15) is 4.79 Å². The van der Waals surface area contributed by atoms with Crippen molar-refractivity contribution in [3.63, 3.8) is 0 Å². The lowest BCUT2D eigenvalue weighted by Gasteiger charge is -2.18. The summed E-state index contributed by atoms with van der Waals surface area (Å²) in [5, 5.41) is 6.58. The van der Waals surface area contributed by atoms with Gasteiger partial charge in [-0.25, -0.2) is 0 Å². The van der Waals surface area contributed by atoms with Crippen molar-refractivity contribution in [1.82, 2.24) is 9.72 Å². The van der Waals surface area contributed by atoms with E-state index in [1.54, 1.807) is 13.0 Å². The lowest BCUT2D eigenvalue weighted by Crippen LogP contribution is -2.26. The molecule has 1 atom stereocenters. The molecule has 0 aliphatic rings. The number of carbonyl (C=O) groups is 1. The molecular weight excluding hydrogens is 266 g/mol. The highest BCUT2D eigenvalue weighted by Crippen LogP contribution is 2.20. The van der Waals surface area contributed by atoms with Gasteiger partial charge in [-0.2, -0.15) is 0 Å². The second-order valence-electron chi connectivity index (χ2n) is 4.76. The first-order valence-corrected chi connectivity index (χ1v) is 6.65. The number of amides is 1. The third-order valence-corrected chi connectivity index (χ3v) is 3.17. The van der Waals surface area contributed by atoms with Crippen LogP contribution in [0.3, 0.4) is 0 Å². The number of hydrogen-bond donors (Lipinski definition) is 1. The summed E-state index contributed by atoms with van der Waals surface area (Å²) in [6.45, 7) is 1.78. The Bertz CT molecular complexity index is 717. The molecule has 0 aliphatic heterocycles. The molecule has 1 amide bonds. The standard InChI is InChI=1S/C16H15N3O2/c1-12-11-14(18-21-12)17-16(20)15(19-9-5-6-10-19)13-7-3-2-4-8-13/h2-11,15H,1H3,(H,17,18,20)/t15-/m1/s1. The van der Waals surface area contributed by atoms with Gasteiger partial charge >= 0.3 is 0 Å². The average Bonchev–Trinajstić information content (AvgIpc) is 3.13. The summed E-state index contributed by atoms with van der Waals surface area (Å²) in [6, 6.07) is 14.6. The maximum Gasteiger partial charge on any atom is 0.253 e. The number of nitrogens with zero attached hydrogens (tertiary/aromatic N) is 2. The highest BCUT2D eigenvalue weighted by atomic mass is 16.5. The molecule has 2 heterocycles. The summed E-state index contributed by atoms with van der Waals surface area (Å²) in [5.74, 6) is 0.916. The molecule has 21 heavy (non-hydrogen) atoms. The van der Waals surface area contributed by atoms with E-state index in [4.69, 9.17) is 4.52 Å². The lowest BCUT2D eigenvalue weighted by molar-refractivity contribution is -0.118. The predicted molar refractivity (Wildman–Crippen MR) is 78.9 cm³/mol. The highest BCUT2D eigenvalue weighted by Gasteiger charge is 2.22. The maximum atomic E-state index is 12.6. The van der Waals surface area contributed by atoms with Gasteiger partial charge in [-0.05, 0) is 24.6 Å². The molecule has 0 unspecified atom stereocenters. The van der Waals surface area contributed by atoms with Gasteiger partial charge in [-0.15, -0.1) is 0 Å². The lowest BCUT2D eigenvalue weighted by atomic mass is 10.1. The molecule has 0 radical (unpaired) electrons. The Labute approximate surface area is 122 Å². The van der Waals surface area contributed by atoms with Crippen molar-refractivity contribution in [2.45, 2.75) is 13.0 Å². The van der Waals surface area contributed by atoms with E-state index < -0.39 is 6.04 Å². The molecule has 5 heteroatoms. The smallest absolute Gasteiger partial charge is 0.253 e. The predicted octanol–water partition coefficient (Wildman–Crippen LogP) is 3.01. The van der Waals surface area contributed by atoms with Crippen LogP contribution < -0.4 is 5.32 Å². The Balaban J connectivity index is 1.90. The molecule has 3 rings (SSSR count). The van der Waals surface area contributed by atoms with Crippen LogP contribution in [-0.2, 0) is 4.79 Å². The van der Waals surface area contributed by atoms with Crippen molar-refractivity contribution in [3.8, 4) is 0 Å². The molecule has 106 valence electrons. The van der Waals surface area contributed by atoms with Crippen molar-refractivity contribution < 1.29 is 9.32 Å². The Kier molecular flexibility index (Phi) is 3.55. The summed E-state index contributed by atoms with van der Waals surface area (Å²) in [4.78, 5) is 12.6. The fraction of sp³-hybridized carbons (Fsp3) is 0.125. The fourth-order valence-corrected chi connectivity index (χ4v) is 2.23. The van der Waals surface area contributed by atoms with Gasteiger partial charge in [0, 0.05) is 18.5 Å². The number of aryl methyl sites for hydroxylation is 1. The molecule has 1 aromatic carbocycles. The quantitative estimate of drug-likeness (QED) is 0.799. The summed E-state index contributed by atoms with van der Waals surface area (Å²) in [7, 11) is 0. The molecule has 5 nitrogen and oxygen atoms in total. The van der Waals surface area contributed by atoms with E-state index >= 15 is 0 Å². The molecule has 0 saturated carbocycles. The van der Waals surface area contributed by atoms with Crippen LogP contribution in [0.15, 0.2) is 65.4 Å². The largest absolute Gasteiger partial charge is 0.360 e. The topological polar surface area (TPSA) is 60.1 Å². The number of nitrogens with one attached hydrogen (secondary N) is 1. The Morgan fingerprint density at radius 3 is 2.52 bits per heavy atom. The average molecular weight is 281 g/mol. The van der Waals surface area contributed by atoms with Crippen LogP contribution in [0.2, 0.25) is 0 Å². The van der Waals surface area contributed by atoms with E-state index in [2.05, 4.69) is 10.5 Å². The third-order valence-electron chi connectivity index (χ3n) is 3.17. The minimum atomic E-state index is -0.446. The maximum absolute atomic E-state index is 12.6. The summed E-state index contributed by atoms with van der Waals surface area (Å²) in [5.41, 5.74) is 0.909. The SMILES string of the molecule is Cc1cc(NC(=O)[C@@H](c2ccccc2)n2cccc2)no1. The number of aromatic nitrogens is 2. The van der Waals surface area contributed by atoms with Crippen LogP contribution >= 0.6 is 0 Å². The first-order valence-electron chi connectivity index (χ1n) is 6.65. The van der Waals surface area contributed by atoms with Crippen molar-refractivity contribution in [1.29, 1.82) is 0 Å². The Hall–Kier alpha value is -2.82. The number of rotatable bonds is 4. The zero-order valence-electron chi connectivity index (χ0n) is 11.6. The van der Waals surface area contributed by atoms with Gasteiger partial charge in [-0.3, -0.25) is 4.79 Å². The highest BCUT2D eigenvalue weighted by molar-refractivity contribution is 5.95. The Morgan fingerprint density at radius 2 is 1.90 bits per heavy atom. The van der Waals surface area contributed by atoms with Gasteiger partial charge in [0.1, 0.15) is 11.8 Å². The summed E-state index contributed by atoms with van der Waals surface area (Å²) < 4.78 is 6.83. The molecular formula is C16H15N3O2. The second kappa shape index (κ2) is 5.66. The molecule has 0 bridgehead atoms. The van der Waals surface area contributed by atoms with Gasteiger partial charge in [-0.1, -0.05) is 35.5 Å². The molecule has 0 saturated heterocycles. The van der Waals surface area contributed by atoms with E-state index in [0.717, 1.165) is 5.56 Å². The van der Waals surface area contributed by atoms with Gasteiger partial charge in [0.2, 0.25) is 0 Å². The third kappa shape index (κ3) is 2.86. The minimum Gasteiger partial charge on any atom is -0.360 e. The summed E-state index contributed by atoms with van der Waals surface area (Å²) in [6.07, 6.45) is 3.73. The van der Waals surface area contributed by atoms with Crippen LogP contribution in [-0.4, -0.2) is 15.6 Å². The normalized spacial score (nSPS) is 12.0. The first-order chi connectivity index (χ1) is 10.2.